The Kier molecular flexibility index (Phi) is 5.85. The molecule has 2 rings (SSSR count). The van der Waals surface area contributed by atoms with Crippen LogP contribution in [0.4, 0.5) is 0 Å². The van der Waals surface area contributed by atoms with Gasteiger partial charge in [0.15, 0.2) is 5.11 Å². The van der Waals surface area contributed by atoms with Crippen molar-refractivity contribution in [2.45, 2.75) is 46.0 Å². The molecule has 0 saturated heterocycles. The summed E-state index contributed by atoms with van der Waals surface area (Å²) >= 11 is 5.27. The summed E-state index contributed by atoms with van der Waals surface area (Å²) in [7, 11) is -1.73. The fraction of sp³-hybridized carbons (Fsp3) is 0.368. The van der Waals surface area contributed by atoms with Gasteiger partial charge in [0.1, 0.15) is 5.75 Å². The van der Waals surface area contributed by atoms with Crippen LogP contribution < -0.4 is 15.2 Å². The quantitative estimate of drug-likeness (QED) is 0.354. The number of nitrogens with zero attached hydrogens (tertiary/aromatic N) is 1. The lowest BCUT2D eigenvalue weighted by Gasteiger charge is -2.22. The Morgan fingerprint density at radius 1 is 1.12 bits per heavy atom. The normalized spacial score (nSPS) is 12.4. The third kappa shape index (κ3) is 6.14. The number of nitrogens with one attached hydrogen (secondary N) is 2. The summed E-state index contributed by atoms with van der Waals surface area (Å²) in [6.45, 7) is 12.7. The van der Waals surface area contributed by atoms with Crippen LogP contribution in [0.25, 0.3) is 10.8 Å². The number of thiocarbonyl (C=S) groups is 1. The van der Waals surface area contributed by atoms with E-state index in [0.717, 1.165) is 22.1 Å². The number of rotatable bonds is 4. The molecule has 0 aliphatic heterocycles. The molecule has 0 heterocycles. The van der Waals surface area contributed by atoms with Crippen LogP contribution in [0.15, 0.2) is 41.5 Å². The van der Waals surface area contributed by atoms with E-state index in [0.29, 0.717) is 5.11 Å². The maximum absolute atomic E-state index is 6.25. The Morgan fingerprint density at radius 3 is 2.44 bits per heavy atom. The molecular formula is C19H27N3OSSi. The van der Waals surface area contributed by atoms with E-state index in [1.54, 1.807) is 6.21 Å². The molecule has 0 radical (unpaired) electrons. The fourth-order valence-corrected chi connectivity index (χ4v) is 3.55. The summed E-state index contributed by atoms with van der Waals surface area (Å²) in [6.07, 6.45) is 1.79. The highest BCUT2D eigenvalue weighted by Crippen LogP contribution is 2.28. The summed E-state index contributed by atoms with van der Waals surface area (Å²) in [4.78, 5) is 0. The van der Waals surface area contributed by atoms with Crippen molar-refractivity contribution in [2.24, 2.45) is 5.10 Å². The molecule has 0 saturated carbocycles. The van der Waals surface area contributed by atoms with Gasteiger partial charge >= 0.3 is 0 Å². The van der Waals surface area contributed by atoms with Gasteiger partial charge in [-0.3, -0.25) is 5.43 Å². The predicted molar refractivity (Wildman–Crippen MR) is 114 cm³/mol. The SMILES string of the molecule is CC(C)(C)NC(=S)N/N=C/c1c(O[Si](C)(C)C)ccc2ccccc12. The second-order valence-corrected chi connectivity index (χ2v) is 12.8. The molecule has 0 fully saturated rings. The van der Waals surface area contributed by atoms with Crippen LogP contribution in [0.2, 0.25) is 19.6 Å². The van der Waals surface area contributed by atoms with Crippen molar-refractivity contribution in [3.8, 4) is 5.75 Å². The van der Waals surface area contributed by atoms with Crippen molar-refractivity contribution >= 4 is 42.6 Å². The van der Waals surface area contributed by atoms with Crippen molar-refractivity contribution in [3.05, 3.63) is 42.0 Å². The van der Waals surface area contributed by atoms with E-state index < -0.39 is 8.32 Å². The number of benzene rings is 2. The number of fused-ring (bicyclic) bond motifs is 1. The molecule has 2 aromatic rings. The zero-order valence-electron chi connectivity index (χ0n) is 15.8. The molecule has 0 bridgehead atoms. The van der Waals surface area contributed by atoms with E-state index in [4.69, 9.17) is 16.6 Å². The van der Waals surface area contributed by atoms with E-state index in [-0.39, 0.29) is 5.54 Å². The molecule has 0 aliphatic rings. The first-order chi connectivity index (χ1) is 11.6. The largest absolute Gasteiger partial charge is 0.544 e. The minimum Gasteiger partial charge on any atom is -0.544 e. The third-order valence-electron chi connectivity index (χ3n) is 3.20. The lowest BCUT2D eigenvalue weighted by molar-refractivity contribution is 0.508. The van der Waals surface area contributed by atoms with Gasteiger partial charge in [0.25, 0.3) is 0 Å². The van der Waals surface area contributed by atoms with Crippen LogP contribution in [0.3, 0.4) is 0 Å². The van der Waals surface area contributed by atoms with Gasteiger partial charge in [-0.05, 0) is 69.5 Å². The highest BCUT2D eigenvalue weighted by Gasteiger charge is 2.19. The maximum Gasteiger partial charge on any atom is 0.242 e. The van der Waals surface area contributed by atoms with Gasteiger partial charge in [-0.25, -0.2) is 0 Å². The van der Waals surface area contributed by atoms with Gasteiger partial charge in [-0.15, -0.1) is 0 Å². The van der Waals surface area contributed by atoms with Gasteiger partial charge in [-0.2, -0.15) is 5.10 Å². The molecule has 0 aromatic heterocycles. The van der Waals surface area contributed by atoms with Gasteiger partial charge in [-0.1, -0.05) is 30.3 Å². The average Bonchev–Trinajstić information content (AvgIpc) is 2.46. The van der Waals surface area contributed by atoms with Crippen molar-refractivity contribution < 1.29 is 4.43 Å². The van der Waals surface area contributed by atoms with Crippen molar-refractivity contribution in [1.29, 1.82) is 0 Å². The molecule has 4 nitrogen and oxygen atoms in total. The Morgan fingerprint density at radius 2 is 1.80 bits per heavy atom. The van der Waals surface area contributed by atoms with Crippen LogP contribution in [-0.4, -0.2) is 25.2 Å². The molecule has 2 N–H and O–H groups in total. The molecule has 6 heteroatoms. The van der Waals surface area contributed by atoms with Gasteiger partial charge in [0, 0.05) is 11.1 Å². The van der Waals surface area contributed by atoms with Crippen LogP contribution >= 0.6 is 12.2 Å². The van der Waals surface area contributed by atoms with E-state index in [1.165, 1.54) is 0 Å². The van der Waals surface area contributed by atoms with Crippen molar-refractivity contribution in [3.63, 3.8) is 0 Å². The van der Waals surface area contributed by atoms with Crippen molar-refractivity contribution in [2.75, 3.05) is 0 Å². The molecule has 0 atom stereocenters. The first-order valence-electron chi connectivity index (χ1n) is 8.37. The number of hydrazone groups is 1. The van der Waals surface area contributed by atoms with E-state index in [9.17, 15) is 0 Å². The molecule has 0 spiro atoms. The molecule has 0 unspecified atom stereocenters. The Hall–Kier alpha value is -1.92. The minimum absolute atomic E-state index is 0.106. The molecule has 25 heavy (non-hydrogen) atoms. The van der Waals surface area contributed by atoms with E-state index in [1.807, 2.05) is 18.2 Å². The summed E-state index contributed by atoms with van der Waals surface area (Å²) in [5, 5.41) is 10.3. The first-order valence-corrected chi connectivity index (χ1v) is 12.2. The van der Waals surface area contributed by atoms with E-state index >= 15 is 0 Å². The fourth-order valence-electron chi connectivity index (χ4n) is 2.35. The van der Waals surface area contributed by atoms with Crippen LogP contribution in [0, 0.1) is 0 Å². The van der Waals surface area contributed by atoms with E-state index in [2.05, 4.69) is 74.5 Å². The minimum atomic E-state index is -1.73. The predicted octanol–water partition coefficient (Wildman–Crippen LogP) is 4.65. The first kappa shape index (κ1) is 19.4. The summed E-state index contributed by atoms with van der Waals surface area (Å²) < 4.78 is 6.25. The number of hydrogen-bond donors (Lipinski definition) is 2. The maximum atomic E-state index is 6.25. The number of hydrogen-bond acceptors (Lipinski definition) is 3. The Balaban J connectivity index is 2.32. The molecule has 134 valence electrons. The molecule has 2 aromatic carbocycles. The monoisotopic (exact) mass is 373 g/mol. The molecule has 0 aliphatic carbocycles. The third-order valence-corrected chi connectivity index (χ3v) is 4.22. The topological polar surface area (TPSA) is 45.7 Å². The lowest BCUT2D eigenvalue weighted by Crippen LogP contribution is -2.44. The van der Waals surface area contributed by atoms with Gasteiger partial charge in [0.2, 0.25) is 8.32 Å². The summed E-state index contributed by atoms with van der Waals surface area (Å²) in [5.74, 6) is 0.859. The van der Waals surface area contributed by atoms with Crippen LogP contribution in [0.5, 0.6) is 5.75 Å². The van der Waals surface area contributed by atoms with Crippen LogP contribution in [0.1, 0.15) is 26.3 Å². The average molecular weight is 374 g/mol. The molecular weight excluding hydrogens is 346 g/mol. The smallest absolute Gasteiger partial charge is 0.242 e. The highest BCUT2D eigenvalue weighted by molar-refractivity contribution is 7.80. The van der Waals surface area contributed by atoms with Crippen molar-refractivity contribution in [1.82, 2.24) is 10.7 Å². The Labute approximate surface area is 156 Å². The van der Waals surface area contributed by atoms with Gasteiger partial charge in [0.05, 0.1) is 6.21 Å². The Bertz CT molecular complexity index is 791. The zero-order chi connectivity index (χ0) is 18.7. The summed E-state index contributed by atoms with van der Waals surface area (Å²) in [5.41, 5.74) is 3.75. The standard InChI is InChI=1S/C19H27N3OSSi/c1-19(2,3)21-18(24)22-20-13-16-15-10-8-7-9-14(15)11-12-17(16)23-25(4,5)6/h7-13H,1-6H3,(H2,21,22,24)/b20-13+. The van der Waals surface area contributed by atoms with Gasteiger partial charge < -0.3 is 9.74 Å². The second-order valence-electron chi connectivity index (χ2n) is 7.99. The molecule has 0 amide bonds. The van der Waals surface area contributed by atoms with Crippen LogP contribution in [-0.2, 0) is 0 Å². The summed E-state index contributed by atoms with van der Waals surface area (Å²) in [6, 6.07) is 12.3. The lowest BCUT2D eigenvalue weighted by atomic mass is 10.0. The second kappa shape index (κ2) is 7.54. The zero-order valence-corrected chi connectivity index (χ0v) is 17.6. The highest BCUT2D eigenvalue weighted by atomic mass is 32.1.